The minimum absolute atomic E-state index is 0.00756. The number of aliphatic hydroxyl groups excluding tert-OH is 1. The van der Waals surface area contributed by atoms with Crippen LogP contribution in [0.5, 0.6) is 0 Å². The van der Waals surface area contributed by atoms with Gasteiger partial charge in [0.25, 0.3) is 5.91 Å². The molecule has 7 atom stereocenters. The van der Waals surface area contributed by atoms with Gasteiger partial charge >= 0.3 is 5.97 Å². The van der Waals surface area contributed by atoms with Gasteiger partial charge in [-0.15, -0.1) is 6.58 Å². The van der Waals surface area contributed by atoms with E-state index in [0.29, 0.717) is 23.6 Å². The number of hydrogen-bond acceptors (Lipinski definition) is 6. The first-order valence-electron chi connectivity index (χ1n) is 12.7. The van der Waals surface area contributed by atoms with E-state index in [9.17, 15) is 19.5 Å². The van der Waals surface area contributed by atoms with Gasteiger partial charge in [-0.3, -0.25) is 14.4 Å². The summed E-state index contributed by atoms with van der Waals surface area (Å²) in [5.74, 6) is -3.27. The zero-order chi connectivity index (χ0) is 27.1. The van der Waals surface area contributed by atoms with Crippen LogP contribution in [0, 0.1) is 17.8 Å². The van der Waals surface area contributed by atoms with Gasteiger partial charge in [0.2, 0.25) is 5.91 Å². The van der Waals surface area contributed by atoms with Crippen molar-refractivity contribution in [2.24, 2.45) is 17.8 Å². The number of halogens is 1. The van der Waals surface area contributed by atoms with Crippen molar-refractivity contribution in [1.29, 1.82) is 0 Å². The van der Waals surface area contributed by atoms with Crippen molar-refractivity contribution < 1.29 is 29.0 Å². The summed E-state index contributed by atoms with van der Waals surface area (Å²) in [6.45, 7) is 12.9. The topological polar surface area (TPSA) is 96.4 Å². The standard InChI is InChI=1S/C28H35ClN2O6/c1-6-13-30(20-12-10-9-11-19(20)29)25(34)23-28-15-17(4)27(5,37-28)22(26(35)36-14-7-2)21(28)24(33)31(23)18(8-3)16-32/h6-7,9-12,17-18,21-23,32H,1-2,8,13-16H2,3-5H3/t17?,18-,21-,22-,23?,27+,28?/m0/s1. The van der Waals surface area contributed by atoms with E-state index < -0.39 is 47.0 Å². The van der Waals surface area contributed by atoms with Gasteiger partial charge in [0.15, 0.2) is 0 Å². The molecule has 3 aliphatic heterocycles. The average molecular weight is 531 g/mol. The molecule has 200 valence electrons. The Labute approximate surface area is 222 Å². The number of likely N-dealkylation sites (tertiary alicyclic amines) is 1. The third-order valence-electron chi connectivity index (χ3n) is 8.38. The molecule has 2 amide bonds. The lowest BCUT2D eigenvalue weighted by Gasteiger charge is -2.39. The summed E-state index contributed by atoms with van der Waals surface area (Å²) in [6.07, 6.45) is 3.89. The fourth-order valence-electron chi connectivity index (χ4n) is 6.61. The molecule has 9 heteroatoms. The van der Waals surface area contributed by atoms with Crippen LogP contribution in [-0.2, 0) is 23.9 Å². The molecule has 0 aliphatic carbocycles. The van der Waals surface area contributed by atoms with E-state index in [1.54, 1.807) is 30.3 Å². The lowest BCUT2D eigenvalue weighted by molar-refractivity contribution is -0.161. The Balaban J connectivity index is 1.87. The van der Waals surface area contributed by atoms with E-state index in [2.05, 4.69) is 13.2 Å². The van der Waals surface area contributed by atoms with Gasteiger partial charge in [0, 0.05) is 6.54 Å². The van der Waals surface area contributed by atoms with E-state index in [4.69, 9.17) is 21.1 Å². The predicted octanol–water partition coefficient (Wildman–Crippen LogP) is 3.37. The van der Waals surface area contributed by atoms with Crippen LogP contribution in [0.15, 0.2) is 49.6 Å². The smallest absolute Gasteiger partial charge is 0.313 e. The summed E-state index contributed by atoms with van der Waals surface area (Å²) < 4.78 is 12.1. The molecule has 1 N–H and O–H groups in total. The van der Waals surface area contributed by atoms with Gasteiger partial charge in [-0.25, -0.2) is 0 Å². The first-order chi connectivity index (χ1) is 17.6. The van der Waals surface area contributed by atoms with Crippen LogP contribution in [0.2, 0.25) is 5.02 Å². The number of para-hydroxylation sites is 1. The van der Waals surface area contributed by atoms with Gasteiger partial charge in [0.05, 0.1) is 34.9 Å². The number of ether oxygens (including phenoxy) is 2. The number of amides is 2. The van der Waals surface area contributed by atoms with Crippen LogP contribution in [0.3, 0.4) is 0 Å². The third-order valence-corrected chi connectivity index (χ3v) is 8.70. The van der Waals surface area contributed by atoms with Crippen molar-refractivity contribution in [2.75, 3.05) is 24.7 Å². The van der Waals surface area contributed by atoms with Crippen LogP contribution in [0.4, 0.5) is 5.69 Å². The van der Waals surface area contributed by atoms with Crippen molar-refractivity contribution in [3.63, 3.8) is 0 Å². The monoisotopic (exact) mass is 530 g/mol. The first kappa shape index (κ1) is 27.4. The molecule has 1 aromatic carbocycles. The van der Waals surface area contributed by atoms with Gasteiger partial charge in [-0.05, 0) is 37.8 Å². The van der Waals surface area contributed by atoms with Gasteiger partial charge < -0.3 is 24.4 Å². The van der Waals surface area contributed by atoms with Crippen molar-refractivity contribution in [3.8, 4) is 0 Å². The second kappa shape index (κ2) is 10.2. The quantitative estimate of drug-likeness (QED) is 0.368. The third kappa shape index (κ3) is 4.01. The molecule has 3 unspecified atom stereocenters. The van der Waals surface area contributed by atoms with Gasteiger partial charge in [0.1, 0.15) is 24.2 Å². The van der Waals surface area contributed by atoms with Crippen LogP contribution >= 0.6 is 11.6 Å². The number of aliphatic hydroxyl groups is 1. The van der Waals surface area contributed by atoms with Crippen molar-refractivity contribution in [2.45, 2.75) is 56.9 Å². The van der Waals surface area contributed by atoms with Gasteiger partial charge in [-0.1, -0.05) is 56.3 Å². The lowest BCUT2D eigenvalue weighted by atomic mass is 9.62. The van der Waals surface area contributed by atoms with E-state index in [-0.39, 0.29) is 31.6 Å². The summed E-state index contributed by atoms with van der Waals surface area (Å²) in [5, 5.41) is 10.6. The molecule has 3 fully saturated rings. The minimum atomic E-state index is -1.26. The molecule has 0 aromatic heterocycles. The molecule has 2 bridgehead atoms. The molecule has 3 heterocycles. The fourth-order valence-corrected chi connectivity index (χ4v) is 6.84. The molecular weight excluding hydrogens is 496 g/mol. The Kier molecular flexibility index (Phi) is 7.57. The number of nitrogens with zero attached hydrogens (tertiary/aromatic N) is 2. The molecule has 8 nitrogen and oxygen atoms in total. The number of benzene rings is 1. The van der Waals surface area contributed by atoms with E-state index in [0.717, 1.165) is 0 Å². The second-order valence-electron chi connectivity index (χ2n) is 10.3. The van der Waals surface area contributed by atoms with Crippen molar-refractivity contribution in [3.05, 3.63) is 54.6 Å². The highest BCUT2D eigenvalue weighted by atomic mass is 35.5. The number of carbonyl (C=O) groups is 3. The molecule has 0 saturated carbocycles. The lowest BCUT2D eigenvalue weighted by Crippen LogP contribution is -2.59. The predicted molar refractivity (Wildman–Crippen MR) is 140 cm³/mol. The van der Waals surface area contributed by atoms with Crippen molar-refractivity contribution in [1.82, 2.24) is 4.90 Å². The fraction of sp³-hybridized carbons (Fsp3) is 0.536. The van der Waals surface area contributed by atoms with Crippen molar-refractivity contribution >= 4 is 35.1 Å². The number of rotatable bonds is 10. The SMILES string of the molecule is C=CCOC(=O)[C@@H]1[C@H]2C(=O)N([C@@H](CC)CO)C(C(=O)N(CC=C)c3ccccc3Cl)C23CC(C)[C@@]1(C)O3. The zero-order valence-electron chi connectivity index (χ0n) is 21.6. The average Bonchev–Trinajstić information content (AvgIpc) is 3.39. The number of hydrogen-bond donors (Lipinski definition) is 1. The number of fused-ring (bicyclic) bond motifs is 1. The zero-order valence-corrected chi connectivity index (χ0v) is 22.3. The maximum Gasteiger partial charge on any atom is 0.313 e. The largest absolute Gasteiger partial charge is 0.461 e. The highest BCUT2D eigenvalue weighted by molar-refractivity contribution is 6.34. The molecule has 3 aliphatic rings. The molecule has 3 saturated heterocycles. The molecule has 1 spiro atoms. The summed E-state index contributed by atoms with van der Waals surface area (Å²) >= 11 is 6.49. The Morgan fingerprint density at radius 2 is 2.05 bits per heavy atom. The second-order valence-corrected chi connectivity index (χ2v) is 10.7. The molecule has 4 rings (SSSR count). The Morgan fingerprint density at radius 1 is 1.35 bits per heavy atom. The van der Waals surface area contributed by atoms with E-state index in [1.807, 2.05) is 20.8 Å². The van der Waals surface area contributed by atoms with Crippen LogP contribution in [-0.4, -0.2) is 70.8 Å². The maximum atomic E-state index is 14.5. The summed E-state index contributed by atoms with van der Waals surface area (Å²) in [4.78, 5) is 44.9. The van der Waals surface area contributed by atoms with Crippen LogP contribution in [0.25, 0.3) is 0 Å². The first-order valence-corrected chi connectivity index (χ1v) is 13.1. The molecular formula is C28H35ClN2O6. The van der Waals surface area contributed by atoms with Crippen LogP contribution < -0.4 is 4.90 Å². The molecule has 1 aromatic rings. The Hall–Kier alpha value is -2.68. The van der Waals surface area contributed by atoms with Crippen LogP contribution in [0.1, 0.15) is 33.6 Å². The normalized spacial score (nSPS) is 32.7. The highest BCUT2D eigenvalue weighted by Gasteiger charge is 2.80. The Morgan fingerprint density at radius 3 is 2.65 bits per heavy atom. The summed E-state index contributed by atoms with van der Waals surface area (Å²) in [5.41, 5.74) is -1.77. The maximum absolute atomic E-state index is 14.5. The minimum Gasteiger partial charge on any atom is -0.461 e. The molecule has 37 heavy (non-hydrogen) atoms. The van der Waals surface area contributed by atoms with E-state index in [1.165, 1.54) is 15.9 Å². The Bertz CT molecular complexity index is 1110. The summed E-state index contributed by atoms with van der Waals surface area (Å²) in [7, 11) is 0. The molecule has 0 radical (unpaired) electrons. The number of anilines is 1. The van der Waals surface area contributed by atoms with E-state index >= 15 is 0 Å². The number of carbonyl (C=O) groups excluding carboxylic acids is 3. The summed E-state index contributed by atoms with van der Waals surface area (Å²) in [6, 6.07) is 5.26. The highest BCUT2D eigenvalue weighted by Crippen LogP contribution is 2.65. The number of esters is 1. The van der Waals surface area contributed by atoms with Gasteiger partial charge in [-0.2, -0.15) is 0 Å².